The molecular formula is C18H20NO3. The van der Waals surface area contributed by atoms with E-state index in [1.165, 1.54) is 5.06 Å². The van der Waals surface area contributed by atoms with E-state index < -0.39 is 11.1 Å². The number of hydroxylamine groups is 2. The molecule has 0 spiro atoms. The van der Waals surface area contributed by atoms with Gasteiger partial charge in [0.25, 0.3) is 0 Å². The first-order valence-electron chi connectivity index (χ1n) is 7.43. The first-order valence-corrected chi connectivity index (χ1v) is 7.43. The second kappa shape index (κ2) is 5.00. The van der Waals surface area contributed by atoms with Crippen LogP contribution >= 0.6 is 0 Å². The van der Waals surface area contributed by atoms with Gasteiger partial charge in [0, 0.05) is 0 Å². The minimum Gasteiger partial charge on any atom is -0.508 e. The van der Waals surface area contributed by atoms with Gasteiger partial charge in [-0.15, -0.1) is 10.3 Å². The maximum absolute atomic E-state index is 13.1. The summed E-state index contributed by atoms with van der Waals surface area (Å²) < 4.78 is 0. The molecule has 115 valence electrons. The van der Waals surface area contributed by atoms with Gasteiger partial charge in [0.2, 0.25) is 0 Å². The van der Waals surface area contributed by atoms with Crippen molar-refractivity contribution in [2.24, 2.45) is 0 Å². The summed E-state index contributed by atoms with van der Waals surface area (Å²) in [5, 5.41) is 33.2. The summed E-state index contributed by atoms with van der Waals surface area (Å²) in [4.78, 5) is 0. The molecule has 22 heavy (non-hydrogen) atoms. The molecule has 0 unspecified atom stereocenters. The molecule has 1 heterocycles. The van der Waals surface area contributed by atoms with Crippen molar-refractivity contribution in [1.82, 2.24) is 5.06 Å². The zero-order valence-corrected chi connectivity index (χ0v) is 12.8. The number of nitrogens with zero attached hydrogens (tertiary/aromatic N) is 1. The normalized spacial score (nSPS) is 28.9. The van der Waals surface area contributed by atoms with E-state index in [4.69, 9.17) is 0 Å². The summed E-state index contributed by atoms with van der Waals surface area (Å²) in [5.74, 6) is 0.396. The van der Waals surface area contributed by atoms with Crippen molar-refractivity contribution >= 4 is 0 Å². The number of rotatable bonds is 2. The molecule has 1 aliphatic rings. The standard InChI is InChI=1S/C18H20NO3/c1-17(13-3-7-15(20)8-4-13)11-12-18(2,19(17)22)14-5-9-16(21)10-6-14/h3-10,20-21H,11-12H2,1-2H3/t17-,18-/m0/s1. The smallest absolute Gasteiger partial charge is 0.115 e. The van der Waals surface area contributed by atoms with Crippen LogP contribution in [-0.4, -0.2) is 15.3 Å². The summed E-state index contributed by atoms with van der Waals surface area (Å²) in [6, 6.07) is 13.7. The SMILES string of the molecule is C[C@@]1(c2ccc(O)cc2)CC[C@@](C)(c2ccc(O)cc2)N1[O]. The van der Waals surface area contributed by atoms with E-state index in [1.807, 2.05) is 38.1 Å². The lowest BCUT2D eigenvalue weighted by Crippen LogP contribution is -2.44. The fourth-order valence-corrected chi connectivity index (χ4v) is 3.40. The fourth-order valence-electron chi connectivity index (χ4n) is 3.40. The highest BCUT2D eigenvalue weighted by Gasteiger charge is 2.52. The van der Waals surface area contributed by atoms with Crippen LogP contribution in [-0.2, 0) is 16.3 Å². The Bertz CT molecular complexity index is 608. The molecule has 2 aromatic rings. The molecular weight excluding hydrogens is 278 g/mol. The van der Waals surface area contributed by atoms with E-state index in [0.29, 0.717) is 0 Å². The molecule has 4 heteroatoms. The number of aromatic hydroxyl groups is 2. The second-order valence-corrected chi connectivity index (χ2v) is 6.44. The number of hydrogen-bond donors (Lipinski definition) is 2. The fraction of sp³-hybridized carbons (Fsp3) is 0.333. The van der Waals surface area contributed by atoms with Crippen molar-refractivity contribution < 1.29 is 15.4 Å². The van der Waals surface area contributed by atoms with Crippen molar-refractivity contribution in [2.75, 3.05) is 0 Å². The average molecular weight is 298 g/mol. The highest BCUT2D eigenvalue weighted by atomic mass is 16.5. The molecule has 2 N–H and O–H groups in total. The van der Waals surface area contributed by atoms with Crippen LogP contribution in [0.25, 0.3) is 0 Å². The molecule has 0 bridgehead atoms. The first-order chi connectivity index (χ1) is 10.4. The molecule has 1 radical (unpaired) electrons. The summed E-state index contributed by atoms with van der Waals surface area (Å²) in [6.07, 6.45) is 1.47. The Labute approximate surface area is 130 Å². The summed E-state index contributed by atoms with van der Waals surface area (Å²) >= 11 is 0. The molecule has 3 rings (SSSR count). The minimum atomic E-state index is -0.625. The van der Waals surface area contributed by atoms with Crippen molar-refractivity contribution in [3.05, 3.63) is 59.7 Å². The predicted molar refractivity (Wildman–Crippen MR) is 82.7 cm³/mol. The van der Waals surface area contributed by atoms with Gasteiger partial charge in [0.05, 0.1) is 11.1 Å². The van der Waals surface area contributed by atoms with Gasteiger partial charge in [-0.3, -0.25) is 0 Å². The Morgan fingerprint density at radius 1 is 0.773 bits per heavy atom. The lowest BCUT2D eigenvalue weighted by molar-refractivity contribution is -0.260. The van der Waals surface area contributed by atoms with Crippen LogP contribution < -0.4 is 0 Å². The zero-order valence-electron chi connectivity index (χ0n) is 12.8. The molecule has 2 aromatic carbocycles. The van der Waals surface area contributed by atoms with E-state index in [1.54, 1.807) is 24.3 Å². The molecule has 0 amide bonds. The van der Waals surface area contributed by atoms with Gasteiger partial charge >= 0.3 is 0 Å². The van der Waals surface area contributed by atoms with E-state index >= 15 is 0 Å². The van der Waals surface area contributed by atoms with Crippen LogP contribution in [0.4, 0.5) is 0 Å². The summed E-state index contributed by atoms with van der Waals surface area (Å²) in [6.45, 7) is 3.89. The van der Waals surface area contributed by atoms with Crippen molar-refractivity contribution in [2.45, 2.75) is 37.8 Å². The highest BCUT2D eigenvalue weighted by Crippen LogP contribution is 2.51. The lowest BCUT2D eigenvalue weighted by atomic mass is 9.89. The van der Waals surface area contributed by atoms with Crippen molar-refractivity contribution in [3.8, 4) is 11.5 Å². The van der Waals surface area contributed by atoms with Gasteiger partial charge in [-0.1, -0.05) is 24.3 Å². The van der Waals surface area contributed by atoms with Gasteiger partial charge in [0.15, 0.2) is 0 Å². The lowest BCUT2D eigenvalue weighted by Gasteiger charge is -2.37. The topological polar surface area (TPSA) is 63.6 Å². The Kier molecular flexibility index (Phi) is 3.38. The van der Waals surface area contributed by atoms with Gasteiger partial charge in [0.1, 0.15) is 11.5 Å². The first kappa shape index (κ1) is 14.9. The Balaban J connectivity index is 1.98. The molecule has 4 nitrogen and oxygen atoms in total. The van der Waals surface area contributed by atoms with Gasteiger partial charge in [-0.2, -0.15) is 0 Å². The Morgan fingerprint density at radius 2 is 1.09 bits per heavy atom. The van der Waals surface area contributed by atoms with Crippen LogP contribution in [0.2, 0.25) is 0 Å². The van der Waals surface area contributed by atoms with E-state index in [9.17, 15) is 15.4 Å². The Hall–Kier alpha value is -2.04. The maximum Gasteiger partial charge on any atom is 0.115 e. The number of phenolic OH excluding ortho intramolecular Hbond substituents is 2. The average Bonchev–Trinajstić information content (AvgIpc) is 2.75. The highest BCUT2D eigenvalue weighted by molar-refractivity contribution is 5.36. The third kappa shape index (κ3) is 2.16. The largest absolute Gasteiger partial charge is 0.508 e. The minimum absolute atomic E-state index is 0.198. The Morgan fingerprint density at radius 3 is 1.41 bits per heavy atom. The quantitative estimate of drug-likeness (QED) is 0.889. The third-order valence-electron chi connectivity index (χ3n) is 4.97. The monoisotopic (exact) mass is 298 g/mol. The van der Waals surface area contributed by atoms with Gasteiger partial charge < -0.3 is 10.2 Å². The van der Waals surface area contributed by atoms with Crippen LogP contribution in [0.3, 0.4) is 0 Å². The zero-order chi connectivity index (χ0) is 16.0. The van der Waals surface area contributed by atoms with E-state index in [2.05, 4.69) is 0 Å². The van der Waals surface area contributed by atoms with Crippen molar-refractivity contribution in [3.63, 3.8) is 0 Å². The van der Waals surface area contributed by atoms with Gasteiger partial charge in [-0.25, -0.2) is 0 Å². The van der Waals surface area contributed by atoms with E-state index in [-0.39, 0.29) is 11.5 Å². The van der Waals surface area contributed by atoms with Crippen molar-refractivity contribution in [1.29, 1.82) is 0 Å². The number of hydrogen-bond acceptors (Lipinski definition) is 3. The van der Waals surface area contributed by atoms with E-state index in [0.717, 1.165) is 24.0 Å². The molecule has 2 atom stereocenters. The molecule has 0 aromatic heterocycles. The van der Waals surface area contributed by atoms with Crippen LogP contribution in [0.15, 0.2) is 48.5 Å². The maximum atomic E-state index is 13.1. The summed E-state index contributed by atoms with van der Waals surface area (Å²) in [5.41, 5.74) is 0.561. The third-order valence-corrected chi connectivity index (χ3v) is 4.97. The molecule has 0 saturated carbocycles. The number of phenols is 2. The number of benzene rings is 2. The molecule has 1 fully saturated rings. The summed E-state index contributed by atoms with van der Waals surface area (Å²) in [7, 11) is 0. The predicted octanol–water partition coefficient (Wildman–Crippen LogP) is 3.67. The van der Waals surface area contributed by atoms with Crippen LogP contribution in [0.1, 0.15) is 37.8 Å². The molecule has 1 saturated heterocycles. The molecule has 1 aliphatic heterocycles. The second-order valence-electron chi connectivity index (χ2n) is 6.44. The van der Waals surface area contributed by atoms with Crippen LogP contribution in [0, 0.1) is 0 Å². The van der Waals surface area contributed by atoms with Crippen LogP contribution in [0.5, 0.6) is 11.5 Å². The van der Waals surface area contributed by atoms with Gasteiger partial charge in [-0.05, 0) is 62.1 Å². The molecule has 0 aliphatic carbocycles.